The molecule has 0 fully saturated rings. The number of rotatable bonds is 3. The van der Waals surface area contributed by atoms with Crippen molar-refractivity contribution in [3.05, 3.63) is 29.6 Å². The van der Waals surface area contributed by atoms with Crippen molar-refractivity contribution in [2.75, 3.05) is 11.9 Å². The molecule has 1 unspecified atom stereocenters. The number of benzene rings is 1. The van der Waals surface area contributed by atoms with Crippen LogP contribution < -0.4 is 11.1 Å². The van der Waals surface area contributed by atoms with Crippen LogP contribution in [0.5, 0.6) is 0 Å². The van der Waals surface area contributed by atoms with Crippen LogP contribution in [0.25, 0.3) is 0 Å². The number of hydrogen-bond acceptors (Lipinski definition) is 2. The van der Waals surface area contributed by atoms with Crippen molar-refractivity contribution in [2.24, 2.45) is 5.73 Å². The zero-order valence-electron chi connectivity index (χ0n) is 7.97. The summed E-state index contributed by atoms with van der Waals surface area (Å²) in [6.45, 7) is 4.29. The van der Waals surface area contributed by atoms with E-state index in [9.17, 15) is 4.39 Å². The number of nitrogens with one attached hydrogen (secondary N) is 1. The largest absolute Gasteiger partial charge is 0.379 e. The summed E-state index contributed by atoms with van der Waals surface area (Å²) in [4.78, 5) is 0. The van der Waals surface area contributed by atoms with Crippen LogP contribution in [0.2, 0.25) is 0 Å². The topological polar surface area (TPSA) is 38.0 Å². The van der Waals surface area contributed by atoms with E-state index in [1.54, 1.807) is 6.07 Å². The summed E-state index contributed by atoms with van der Waals surface area (Å²) >= 11 is 0. The highest BCUT2D eigenvalue weighted by Gasteiger charge is 2.06. The number of para-hydroxylation sites is 1. The predicted molar refractivity (Wildman–Crippen MR) is 53.3 cm³/mol. The molecule has 1 aromatic rings. The van der Waals surface area contributed by atoms with Gasteiger partial charge in [-0.15, -0.1) is 0 Å². The van der Waals surface area contributed by atoms with Crippen LogP contribution in [-0.4, -0.2) is 12.6 Å². The zero-order chi connectivity index (χ0) is 9.84. The second-order valence-corrected chi connectivity index (χ2v) is 3.21. The molecule has 0 aliphatic carbocycles. The summed E-state index contributed by atoms with van der Waals surface area (Å²) in [7, 11) is 0. The quantitative estimate of drug-likeness (QED) is 0.749. The number of halogens is 1. The van der Waals surface area contributed by atoms with Crippen LogP contribution in [0.1, 0.15) is 12.5 Å². The van der Waals surface area contributed by atoms with Crippen LogP contribution in [0.3, 0.4) is 0 Å². The van der Waals surface area contributed by atoms with E-state index >= 15 is 0 Å². The molecule has 0 radical (unpaired) electrons. The van der Waals surface area contributed by atoms with Crippen LogP contribution >= 0.6 is 0 Å². The van der Waals surface area contributed by atoms with Crippen molar-refractivity contribution in [1.29, 1.82) is 0 Å². The average Bonchev–Trinajstić information content (AvgIpc) is 2.11. The van der Waals surface area contributed by atoms with E-state index in [0.717, 1.165) is 5.56 Å². The van der Waals surface area contributed by atoms with Crippen LogP contribution in [0, 0.1) is 12.7 Å². The standard InChI is InChI=1S/C10H15FN2/c1-7-4-3-5-9(11)10(7)13-8(2)6-12/h3-5,8,13H,6,12H2,1-2H3. The number of hydrogen-bond donors (Lipinski definition) is 2. The molecule has 0 aliphatic heterocycles. The first-order valence-electron chi connectivity index (χ1n) is 4.37. The van der Waals surface area contributed by atoms with Crippen LogP contribution in [0.15, 0.2) is 18.2 Å². The lowest BCUT2D eigenvalue weighted by Gasteiger charge is -2.15. The van der Waals surface area contributed by atoms with Gasteiger partial charge in [0.2, 0.25) is 0 Å². The lowest BCUT2D eigenvalue weighted by Crippen LogP contribution is -2.26. The second-order valence-electron chi connectivity index (χ2n) is 3.21. The van der Waals surface area contributed by atoms with Gasteiger partial charge < -0.3 is 11.1 Å². The molecular weight excluding hydrogens is 167 g/mol. The summed E-state index contributed by atoms with van der Waals surface area (Å²) in [5, 5.41) is 3.03. The van der Waals surface area contributed by atoms with Gasteiger partial charge in [0.25, 0.3) is 0 Å². The van der Waals surface area contributed by atoms with Gasteiger partial charge in [-0.3, -0.25) is 0 Å². The molecule has 0 aliphatic rings. The van der Waals surface area contributed by atoms with Gasteiger partial charge in [-0.25, -0.2) is 4.39 Å². The highest BCUT2D eigenvalue weighted by atomic mass is 19.1. The molecule has 0 amide bonds. The Morgan fingerprint density at radius 3 is 2.77 bits per heavy atom. The fourth-order valence-corrected chi connectivity index (χ4v) is 1.12. The maximum absolute atomic E-state index is 13.2. The molecule has 1 rings (SSSR count). The Bertz CT molecular complexity index is 266. The minimum atomic E-state index is -0.222. The van der Waals surface area contributed by atoms with E-state index in [0.29, 0.717) is 12.2 Å². The van der Waals surface area contributed by atoms with E-state index in [-0.39, 0.29) is 11.9 Å². The normalized spacial score (nSPS) is 12.6. The van der Waals surface area contributed by atoms with Gasteiger partial charge in [-0.05, 0) is 25.5 Å². The first-order chi connectivity index (χ1) is 6.15. The predicted octanol–water partition coefficient (Wildman–Crippen LogP) is 1.89. The maximum atomic E-state index is 13.2. The molecular formula is C10H15FN2. The third-order valence-electron chi connectivity index (χ3n) is 1.97. The van der Waals surface area contributed by atoms with E-state index in [4.69, 9.17) is 5.73 Å². The Balaban J connectivity index is 2.87. The number of anilines is 1. The van der Waals surface area contributed by atoms with Gasteiger partial charge in [0.15, 0.2) is 0 Å². The zero-order valence-corrected chi connectivity index (χ0v) is 7.97. The Kier molecular flexibility index (Phi) is 3.25. The van der Waals surface area contributed by atoms with Gasteiger partial charge in [-0.1, -0.05) is 12.1 Å². The highest BCUT2D eigenvalue weighted by molar-refractivity contribution is 5.52. The first-order valence-corrected chi connectivity index (χ1v) is 4.37. The molecule has 3 N–H and O–H groups in total. The minimum absolute atomic E-state index is 0.0931. The molecule has 0 bridgehead atoms. The monoisotopic (exact) mass is 182 g/mol. The van der Waals surface area contributed by atoms with Crippen molar-refractivity contribution < 1.29 is 4.39 Å². The van der Waals surface area contributed by atoms with E-state index < -0.39 is 0 Å². The van der Waals surface area contributed by atoms with Crippen LogP contribution in [-0.2, 0) is 0 Å². The Morgan fingerprint density at radius 2 is 2.23 bits per heavy atom. The van der Waals surface area contributed by atoms with E-state index in [2.05, 4.69) is 5.32 Å². The summed E-state index contributed by atoms with van der Waals surface area (Å²) in [6, 6.07) is 5.10. The summed E-state index contributed by atoms with van der Waals surface area (Å²) in [5.74, 6) is -0.222. The Hall–Kier alpha value is -1.09. The summed E-state index contributed by atoms with van der Waals surface area (Å²) in [5.41, 5.74) is 6.89. The van der Waals surface area contributed by atoms with E-state index in [1.165, 1.54) is 6.07 Å². The molecule has 0 aromatic heterocycles. The Labute approximate surface area is 77.9 Å². The molecule has 72 valence electrons. The molecule has 0 saturated heterocycles. The maximum Gasteiger partial charge on any atom is 0.146 e. The van der Waals surface area contributed by atoms with E-state index in [1.807, 2.05) is 19.9 Å². The molecule has 13 heavy (non-hydrogen) atoms. The van der Waals surface area contributed by atoms with Crippen molar-refractivity contribution in [3.63, 3.8) is 0 Å². The highest BCUT2D eigenvalue weighted by Crippen LogP contribution is 2.19. The van der Waals surface area contributed by atoms with Gasteiger partial charge in [0.1, 0.15) is 5.82 Å². The molecule has 0 spiro atoms. The molecule has 0 heterocycles. The first kappa shape index (κ1) is 9.99. The third kappa shape index (κ3) is 2.42. The molecule has 3 heteroatoms. The number of aryl methyl sites for hydroxylation is 1. The summed E-state index contributed by atoms with van der Waals surface area (Å²) < 4.78 is 13.2. The van der Waals surface area contributed by atoms with Gasteiger partial charge in [-0.2, -0.15) is 0 Å². The van der Waals surface area contributed by atoms with Crippen molar-refractivity contribution >= 4 is 5.69 Å². The fraction of sp³-hybridized carbons (Fsp3) is 0.400. The lowest BCUT2D eigenvalue weighted by atomic mass is 10.1. The minimum Gasteiger partial charge on any atom is -0.379 e. The Morgan fingerprint density at radius 1 is 1.54 bits per heavy atom. The summed E-state index contributed by atoms with van der Waals surface area (Å²) in [6.07, 6.45) is 0. The molecule has 0 saturated carbocycles. The second kappa shape index (κ2) is 4.23. The third-order valence-corrected chi connectivity index (χ3v) is 1.97. The molecule has 1 aromatic carbocycles. The van der Waals surface area contributed by atoms with Gasteiger partial charge in [0, 0.05) is 12.6 Å². The smallest absolute Gasteiger partial charge is 0.146 e. The lowest BCUT2D eigenvalue weighted by molar-refractivity contribution is 0.625. The fourth-order valence-electron chi connectivity index (χ4n) is 1.12. The van der Waals surface area contributed by atoms with Crippen molar-refractivity contribution in [2.45, 2.75) is 19.9 Å². The van der Waals surface area contributed by atoms with Crippen molar-refractivity contribution in [1.82, 2.24) is 0 Å². The van der Waals surface area contributed by atoms with Gasteiger partial charge in [0.05, 0.1) is 5.69 Å². The average molecular weight is 182 g/mol. The van der Waals surface area contributed by atoms with Crippen LogP contribution in [0.4, 0.5) is 10.1 Å². The van der Waals surface area contributed by atoms with Crippen molar-refractivity contribution in [3.8, 4) is 0 Å². The molecule has 1 atom stereocenters. The van der Waals surface area contributed by atoms with Gasteiger partial charge >= 0.3 is 0 Å². The SMILES string of the molecule is Cc1cccc(F)c1NC(C)CN. The number of nitrogens with two attached hydrogens (primary N) is 1. The molecule has 2 nitrogen and oxygen atoms in total.